The zero-order valence-electron chi connectivity index (χ0n) is 14.7. The summed E-state index contributed by atoms with van der Waals surface area (Å²) < 4.78 is 0. The second-order valence-electron chi connectivity index (χ2n) is 6.54. The molecule has 3 heterocycles. The number of rotatable bonds is 5. The predicted molar refractivity (Wildman–Crippen MR) is 113 cm³/mol. The van der Waals surface area contributed by atoms with Crippen LogP contribution < -0.4 is 0 Å². The van der Waals surface area contributed by atoms with Crippen molar-refractivity contribution < 1.29 is 4.79 Å². The summed E-state index contributed by atoms with van der Waals surface area (Å²) in [4.78, 5) is 17.8. The second kappa shape index (κ2) is 7.99. The summed E-state index contributed by atoms with van der Waals surface area (Å²) in [6.07, 6.45) is 0.975. The molecule has 0 saturated carbocycles. The molecule has 0 bridgehead atoms. The van der Waals surface area contributed by atoms with Gasteiger partial charge in [-0.3, -0.25) is 4.79 Å². The van der Waals surface area contributed by atoms with E-state index in [0.29, 0.717) is 5.75 Å². The van der Waals surface area contributed by atoms with Crippen LogP contribution in [0.3, 0.4) is 0 Å². The van der Waals surface area contributed by atoms with Crippen molar-refractivity contribution in [2.45, 2.75) is 25.1 Å². The van der Waals surface area contributed by atoms with Gasteiger partial charge < -0.3 is 4.90 Å². The highest BCUT2D eigenvalue weighted by atomic mass is 32.2. The first-order chi connectivity index (χ1) is 12.7. The topological polar surface area (TPSA) is 20.3 Å². The third-order valence-electron chi connectivity index (χ3n) is 4.68. The lowest BCUT2D eigenvalue weighted by atomic mass is 9.98. The first-order valence-electron chi connectivity index (χ1n) is 8.75. The van der Waals surface area contributed by atoms with Gasteiger partial charge in [-0.05, 0) is 47.4 Å². The summed E-state index contributed by atoms with van der Waals surface area (Å²) in [5.74, 6) is 1.67. The van der Waals surface area contributed by atoms with E-state index in [0.717, 1.165) is 18.7 Å². The fourth-order valence-corrected chi connectivity index (χ4v) is 6.10. The van der Waals surface area contributed by atoms with Crippen molar-refractivity contribution in [1.82, 2.24) is 4.90 Å². The normalized spacial score (nSPS) is 16.5. The SMILES string of the molecule is Cc1cccc(CSCC(=O)N2CCc3sccc3C2c2cccs2)c1. The van der Waals surface area contributed by atoms with Crippen molar-refractivity contribution >= 4 is 40.3 Å². The van der Waals surface area contributed by atoms with Crippen LogP contribution in [0.25, 0.3) is 0 Å². The molecule has 1 aliphatic heterocycles. The molecule has 1 atom stereocenters. The lowest BCUT2D eigenvalue weighted by Gasteiger charge is -2.35. The molecule has 0 radical (unpaired) electrons. The smallest absolute Gasteiger partial charge is 0.233 e. The van der Waals surface area contributed by atoms with E-state index in [2.05, 4.69) is 65.0 Å². The van der Waals surface area contributed by atoms with E-state index in [-0.39, 0.29) is 11.9 Å². The maximum Gasteiger partial charge on any atom is 0.233 e. The highest BCUT2D eigenvalue weighted by molar-refractivity contribution is 7.99. The van der Waals surface area contributed by atoms with Crippen LogP contribution in [0.1, 0.15) is 32.5 Å². The van der Waals surface area contributed by atoms with Crippen LogP contribution in [0.5, 0.6) is 0 Å². The Morgan fingerprint density at radius 2 is 2.12 bits per heavy atom. The van der Waals surface area contributed by atoms with Gasteiger partial charge in [0, 0.05) is 22.1 Å². The van der Waals surface area contributed by atoms with E-state index in [1.165, 1.54) is 26.4 Å². The van der Waals surface area contributed by atoms with Crippen molar-refractivity contribution in [2.75, 3.05) is 12.3 Å². The van der Waals surface area contributed by atoms with E-state index < -0.39 is 0 Å². The third-order valence-corrected chi connectivity index (χ3v) is 7.59. The van der Waals surface area contributed by atoms with Crippen LogP contribution in [0, 0.1) is 6.92 Å². The van der Waals surface area contributed by atoms with Gasteiger partial charge in [0.25, 0.3) is 0 Å². The molecule has 0 aliphatic carbocycles. The largest absolute Gasteiger partial charge is 0.330 e. The molecule has 1 aromatic carbocycles. The van der Waals surface area contributed by atoms with E-state index in [1.807, 2.05) is 11.3 Å². The monoisotopic (exact) mass is 399 g/mol. The molecule has 0 fully saturated rings. The first-order valence-corrected chi connectivity index (χ1v) is 11.7. The number of carbonyl (C=O) groups excluding carboxylic acids is 1. The Morgan fingerprint density at radius 3 is 2.92 bits per heavy atom. The Labute approximate surface area is 166 Å². The fraction of sp³-hybridized carbons (Fsp3) is 0.286. The highest BCUT2D eigenvalue weighted by Gasteiger charge is 2.33. The van der Waals surface area contributed by atoms with Crippen LogP contribution in [0.15, 0.2) is 53.2 Å². The molecule has 2 nitrogen and oxygen atoms in total. The molecule has 4 rings (SSSR count). The average molecular weight is 400 g/mol. The van der Waals surface area contributed by atoms with E-state index in [1.54, 1.807) is 23.1 Å². The summed E-state index contributed by atoms with van der Waals surface area (Å²) in [7, 11) is 0. The van der Waals surface area contributed by atoms with Gasteiger partial charge >= 0.3 is 0 Å². The van der Waals surface area contributed by atoms with E-state index >= 15 is 0 Å². The van der Waals surface area contributed by atoms with Gasteiger partial charge in [0.15, 0.2) is 0 Å². The Kier molecular flexibility index (Phi) is 5.48. The number of thiophene rings is 2. The van der Waals surface area contributed by atoms with Crippen molar-refractivity contribution in [1.29, 1.82) is 0 Å². The first kappa shape index (κ1) is 17.8. The minimum atomic E-state index is 0.0945. The summed E-state index contributed by atoms with van der Waals surface area (Å²) in [5.41, 5.74) is 3.88. The number of fused-ring (bicyclic) bond motifs is 1. The lowest BCUT2D eigenvalue weighted by molar-refractivity contribution is -0.130. The van der Waals surface area contributed by atoms with Crippen molar-refractivity contribution in [3.8, 4) is 0 Å². The molecule has 0 saturated heterocycles. The van der Waals surface area contributed by atoms with Crippen LogP contribution in [0.4, 0.5) is 0 Å². The van der Waals surface area contributed by atoms with Gasteiger partial charge in [-0.2, -0.15) is 0 Å². The number of benzene rings is 1. The lowest BCUT2D eigenvalue weighted by Crippen LogP contribution is -2.40. The van der Waals surface area contributed by atoms with E-state index in [4.69, 9.17) is 0 Å². The molecule has 0 N–H and O–H groups in total. The molecular weight excluding hydrogens is 378 g/mol. The standard InChI is InChI=1S/C21H21NOS3/c1-15-4-2-5-16(12-15)13-24-14-20(23)22-9-7-18-17(8-11-26-18)21(22)19-6-3-10-25-19/h2-6,8,10-12,21H,7,9,13-14H2,1H3. The molecule has 3 aromatic rings. The van der Waals surface area contributed by atoms with Crippen molar-refractivity contribution in [2.24, 2.45) is 0 Å². The van der Waals surface area contributed by atoms with Crippen molar-refractivity contribution in [3.63, 3.8) is 0 Å². The summed E-state index contributed by atoms with van der Waals surface area (Å²) in [6.45, 7) is 2.93. The number of nitrogens with zero attached hydrogens (tertiary/aromatic N) is 1. The third kappa shape index (κ3) is 3.75. The van der Waals surface area contributed by atoms with Gasteiger partial charge in [0.1, 0.15) is 0 Å². The fourth-order valence-electron chi connectivity index (χ4n) is 3.48. The summed E-state index contributed by atoms with van der Waals surface area (Å²) in [5, 5.41) is 4.26. The Hall–Kier alpha value is -1.56. The average Bonchev–Trinajstić information content (AvgIpc) is 3.32. The molecule has 0 spiro atoms. The zero-order valence-corrected chi connectivity index (χ0v) is 17.1. The van der Waals surface area contributed by atoms with Crippen LogP contribution in [-0.4, -0.2) is 23.1 Å². The Morgan fingerprint density at radius 1 is 1.19 bits per heavy atom. The van der Waals surface area contributed by atoms with Crippen molar-refractivity contribution in [3.05, 3.63) is 79.7 Å². The van der Waals surface area contributed by atoms with Gasteiger partial charge in [-0.15, -0.1) is 34.4 Å². The zero-order chi connectivity index (χ0) is 17.9. The van der Waals surface area contributed by atoms with Crippen LogP contribution >= 0.6 is 34.4 Å². The molecule has 1 amide bonds. The van der Waals surface area contributed by atoms with Crippen LogP contribution in [0.2, 0.25) is 0 Å². The number of hydrogen-bond donors (Lipinski definition) is 0. The quantitative estimate of drug-likeness (QED) is 0.562. The van der Waals surface area contributed by atoms with Gasteiger partial charge in [0.2, 0.25) is 5.91 Å². The van der Waals surface area contributed by atoms with Gasteiger partial charge in [-0.25, -0.2) is 0 Å². The minimum absolute atomic E-state index is 0.0945. The predicted octanol–water partition coefficient (Wildman–Crippen LogP) is 5.53. The maximum absolute atomic E-state index is 13.0. The minimum Gasteiger partial charge on any atom is -0.330 e. The van der Waals surface area contributed by atoms with Gasteiger partial charge in [-0.1, -0.05) is 35.9 Å². The summed E-state index contributed by atoms with van der Waals surface area (Å²) >= 11 is 5.28. The number of carbonyl (C=O) groups is 1. The molecule has 5 heteroatoms. The Bertz CT molecular complexity index is 884. The summed E-state index contributed by atoms with van der Waals surface area (Å²) in [6, 6.07) is 15.1. The Balaban J connectivity index is 1.46. The van der Waals surface area contributed by atoms with E-state index in [9.17, 15) is 4.79 Å². The van der Waals surface area contributed by atoms with Crippen LogP contribution in [-0.2, 0) is 17.0 Å². The molecule has 26 heavy (non-hydrogen) atoms. The molecule has 1 aliphatic rings. The maximum atomic E-state index is 13.0. The molecular formula is C21H21NOS3. The molecule has 1 unspecified atom stereocenters. The molecule has 134 valence electrons. The highest BCUT2D eigenvalue weighted by Crippen LogP contribution is 2.39. The number of amides is 1. The molecule has 2 aromatic heterocycles. The number of aryl methyl sites for hydroxylation is 1. The van der Waals surface area contributed by atoms with Gasteiger partial charge in [0.05, 0.1) is 11.8 Å². The number of thioether (sulfide) groups is 1. The second-order valence-corrected chi connectivity index (χ2v) is 9.50. The number of hydrogen-bond acceptors (Lipinski definition) is 4.